The van der Waals surface area contributed by atoms with Crippen molar-refractivity contribution in [3.05, 3.63) is 29.8 Å². The van der Waals surface area contributed by atoms with E-state index in [1.54, 1.807) is 0 Å². The van der Waals surface area contributed by atoms with E-state index in [1.165, 1.54) is 30.5 Å². The number of fused-ring (bicyclic) bond motifs is 1. The summed E-state index contributed by atoms with van der Waals surface area (Å²) < 4.78 is 0. The summed E-state index contributed by atoms with van der Waals surface area (Å²) in [5.41, 5.74) is 2.82. The number of rotatable bonds is 5. The summed E-state index contributed by atoms with van der Waals surface area (Å²) in [6.07, 6.45) is 8.23. The van der Waals surface area contributed by atoms with E-state index in [2.05, 4.69) is 39.8 Å². The van der Waals surface area contributed by atoms with Crippen LogP contribution in [0.5, 0.6) is 0 Å². The lowest BCUT2D eigenvalue weighted by Crippen LogP contribution is -2.43. The lowest BCUT2D eigenvalue weighted by Gasteiger charge is -2.23. The molecule has 1 aliphatic heterocycles. The van der Waals surface area contributed by atoms with E-state index >= 15 is 0 Å². The van der Waals surface area contributed by atoms with Gasteiger partial charge >= 0.3 is 6.03 Å². The van der Waals surface area contributed by atoms with Gasteiger partial charge in [0, 0.05) is 31.4 Å². The van der Waals surface area contributed by atoms with E-state index in [9.17, 15) is 4.79 Å². The van der Waals surface area contributed by atoms with E-state index in [4.69, 9.17) is 0 Å². The highest BCUT2D eigenvalue weighted by molar-refractivity contribution is 5.74. The average molecular weight is 301 g/mol. The molecular weight excluding hydrogens is 274 g/mol. The van der Waals surface area contributed by atoms with Crippen LogP contribution in [0.1, 0.15) is 44.1 Å². The molecule has 0 radical (unpaired) electrons. The van der Waals surface area contributed by atoms with Crippen LogP contribution in [0.4, 0.5) is 10.5 Å². The van der Waals surface area contributed by atoms with Crippen molar-refractivity contribution in [2.75, 3.05) is 24.5 Å². The minimum atomic E-state index is 0.00808. The second-order valence-electron chi connectivity index (χ2n) is 6.45. The summed E-state index contributed by atoms with van der Waals surface area (Å²) in [6, 6.07) is 9.02. The molecule has 22 heavy (non-hydrogen) atoms. The third-order valence-electron chi connectivity index (χ3n) is 4.81. The zero-order valence-corrected chi connectivity index (χ0v) is 13.3. The molecule has 2 N–H and O–H groups in total. The maximum absolute atomic E-state index is 11.9. The largest absolute Gasteiger partial charge is 0.371 e. The smallest absolute Gasteiger partial charge is 0.315 e. The lowest BCUT2D eigenvalue weighted by atomic mass is 9.96. The molecule has 4 nitrogen and oxygen atoms in total. The van der Waals surface area contributed by atoms with Gasteiger partial charge in [-0.15, -0.1) is 0 Å². The fraction of sp³-hybridized carbons (Fsp3) is 0.611. The zero-order valence-electron chi connectivity index (χ0n) is 13.3. The molecule has 2 amide bonds. The number of hydrogen-bond acceptors (Lipinski definition) is 2. The fourth-order valence-electron chi connectivity index (χ4n) is 3.59. The maximum Gasteiger partial charge on any atom is 0.315 e. The molecule has 0 spiro atoms. The number of carbonyl (C=O) groups is 1. The molecule has 120 valence electrons. The van der Waals surface area contributed by atoms with Gasteiger partial charge in [0.1, 0.15) is 0 Å². The standard InChI is InChI=1S/C18H27N3O/c22-18(20-16-8-2-1-3-9-16)19-12-6-13-21-14-11-15-7-4-5-10-17(15)21/h4-5,7,10,16H,1-3,6,8-9,11-14H2,(H2,19,20,22). The maximum atomic E-state index is 11.9. The molecular formula is C18H27N3O. The van der Waals surface area contributed by atoms with Crippen LogP contribution < -0.4 is 15.5 Å². The van der Waals surface area contributed by atoms with Crippen LogP contribution in [-0.4, -0.2) is 31.7 Å². The topological polar surface area (TPSA) is 44.4 Å². The van der Waals surface area contributed by atoms with Gasteiger partial charge in [0.25, 0.3) is 0 Å². The van der Waals surface area contributed by atoms with Crippen molar-refractivity contribution in [2.24, 2.45) is 0 Å². The van der Waals surface area contributed by atoms with Crippen molar-refractivity contribution >= 4 is 11.7 Å². The van der Waals surface area contributed by atoms with Crippen molar-refractivity contribution in [3.8, 4) is 0 Å². The van der Waals surface area contributed by atoms with Crippen molar-refractivity contribution in [1.82, 2.24) is 10.6 Å². The molecule has 1 aromatic carbocycles. The third kappa shape index (κ3) is 3.93. The Labute approximate surface area is 133 Å². The number of urea groups is 1. The van der Waals surface area contributed by atoms with Gasteiger partial charge in [-0.2, -0.15) is 0 Å². The average Bonchev–Trinajstić information content (AvgIpc) is 2.96. The van der Waals surface area contributed by atoms with Crippen molar-refractivity contribution < 1.29 is 4.79 Å². The summed E-state index contributed by atoms with van der Waals surface area (Å²) in [6.45, 7) is 2.87. The Bertz CT molecular complexity index is 497. The number of nitrogens with one attached hydrogen (secondary N) is 2. The van der Waals surface area contributed by atoms with Crippen molar-refractivity contribution in [1.29, 1.82) is 0 Å². The predicted molar refractivity (Wildman–Crippen MR) is 90.4 cm³/mol. The molecule has 0 bridgehead atoms. The number of amides is 2. The molecule has 1 aromatic rings. The Kier molecular flexibility index (Phi) is 5.20. The first kappa shape index (κ1) is 15.2. The van der Waals surface area contributed by atoms with Crippen molar-refractivity contribution in [2.45, 2.75) is 51.0 Å². The highest BCUT2D eigenvalue weighted by atomic mass is 16.2. The van der Waals surface area contributed by atoms with Crippen LogP contribution in [0.3, 0.4) is 0 Å². The summed E-state index contributed by atoms with van der Waals surface area (Å²) in [7, 11) is 0. The second kappa shape index (κ2) is 7.52. The van der Waals surface area contributed by atoms with E-state index < -0.39 is 0 Å². The number of nitrogens with zero attached hydrogens (tertiary/aromatic N) is 1. The third-order valence-corrected chi connectivity index (χ3v) is 4.81. The first-order valence-electron chi connectivity index (χ1n) is 8.70. The highest BCUT2D eigenvalue weighted by Crippen LogP contribution is 2.27. The molecule has 2 aliphatic rings. The number of benzene rings is 1. The minimum absolute atomic E-state index is 0.00808. The van der Waals surface area contributed by atoms with Gasteiger partial charge in [-0.1, -0.05) is 37.5 Å². The number of carbonyl (C=O) groups excluding carboxylic acids is 1. The molecule has 0 unspecified atom stereocenters. The molecule has 1 heterocycles. The van der Waals surface area contributed by atoms with Crippen LogP contribution in [0.15, 0.2) is 24.3 Å². The highest BCUT2D eigenvalue weighted by Gasteiger charge is 2.18. The van der Waals surface area contributed by atoms with Gasteiger partial charge in [0.15, 0.2) is 0 Å². The molecule has 0 atom stereocenters. The molecule has 1 fully saturated rings. The first-order valence-corrected chi connectivity index (χ1v) is 8.70. The zero-order chi connectivity index (χ0) is 15.2. The van der Waals surface area contributed by atoms with E-state index in [-0.39, 0.29) is 6.03 Å². The molecule has 1 aliphatic carbocycles. The van der Waals surface area contributed by atoms with E-state index in [1.807, 2.05) is 0 Å². The molecule has 4 heteroatoms. The first-order chi connectivity index (χ1) is 10.8. The SMILES string of the molecule is O=C(NCCCN1CCc2ccccc21)NC1CCCCC1. The Morgan fingerprint density at radius 2 is 2.00 bits per heavy atom. The lowest BCUT2D eigenvalue weighted by molar-refractivity contribution is 0.232. The van der Waals surface area contributed by atoms with Gasteiger partial charge < -0.3 is 15.5 Å². The van der Waals surface area contributed by atoms with Gasteiger partial charge in [0.05, 0.1) is 0 Å². The van der Waals surface area contributed by atoms with Gasteiger partial charge in [-0.25, -0.2) is 4.79 Å². The second-order valence-corrected chi connectivity index (χ2v) is 6.45. The minimum Gasteiger partial charge on any atom is -0.371 e. The van der Waals surface area contributed by atoms with Crippen molar-refractivity contribution in [3.63, 3.8) is 0 Å². The van der Waals surface area contributed by atoms with Crippen LogP contribution in [0, 0.1) is 0 Å². The quantitative estimate of drug-likeness (QED) is 0.821. The van der Waals surface area contributed by atoms with E-state index in [0.717, 1.165) is 45.3 Å². The number of para-hydroxylation sites is 1. The molecule has 3 rings (SSSR count). The van der Waals surface area contributed by atoms with Crippen LogP contribution in [0.25, 0.3) is 0 Å². The Morgan fingerprint density at radius 1 is 1.18 bits per heavy atom. The molecule has 0 aromatic heterocycles. The van der Waals surface area contributed by atoms with Crippen LogP contribution >= 0.6 is 0 Å². The summed E-state index contributed by atoms with van der Waals surface area (Å²) in [4.78, 5) is 14.3. The summed E-state index contributed by atoms with van der Waals surface area (Å²) in [5, 5.41) is 6.10. The Hall–Kier alpha value is -1.71. The van der Waals surface area contributed by atoms with E-state index in [0.29, 0.717) is 6.04 Å². The predicted octanol–water partition coefficient (Wildman–Crippen LogP) is 3.07. The summed E-state index contributed by atoms with van der Waals surface area (Å²) >= 11 is 0. The van der Waals surface area contributed by atoms with Gasteiger partial charge in [-0.05, 0) is 37.3 Å². The Balaban J connectivity index is 1.33. The van der Waals surface area contributed by atoms with Gasteiger partial charge in [0.2, 0.25) is 0 Å². The van der Waals surface area contributed by atoms with Crippen LogP contribution in [0.2, 0.25) is 0 Å². The summed E-state index contributed by atoms with van der Waals surface area (Å²) in [5.74, 6) is 0. The van der Waals surface area contributed by atoms with Crippen LogP contribution in [-0.2, 0) is 6.42 Å². The number of hydrogen-bond donors (Lipinski definition) is 2. The van der Waals surface area contributed by atoms with Gasteiger partial charge in [-0.3, -0.25) is 0 Å². The molecule has 1 saturated carbocycles. The fourth-order valence-corrected chi connectivity index (χ4v) is 3.59. The normalized spacial score (nSPS) is 18.1. The molecule has 0 saturated heterocycles. The number of anilines is 1. The Morgan fingerprint density at radius 3 is 2.86 bits per heavy atom. The monoisotopic (exact) mass is 301 g/mol.